The van der Waals surface area contributed by atoms with E-state index in [1.54, 1.807) is 6.07 Å². The number of hydrogen-bond acceptors (Lipinski definition) is 3. The molecule has 0 aliphatic carbocycles. The molecule has 19 heavy (non-hydrogen) atoms. The average molecular weight is 325 g/mol. The van der Waals surface area contributed by atoms with Crippen LogP contribution in [0.4, 0.5) is 0 Å². The zero-order chi connectivity index (χ0) is 13.8. The largest absolute Gasteiger partial charge is 0.451 e. The first kappa shape index (κ1) is 14.1. The van der Waals surface area contributed by atoms with Crippen LogP contribution < -0.4 is 5.32 Å². The Labute approximate surface area is 120 Å². The quantitative estimate of drug-likeness (QED) is 0.860. The number of halogens is 1. The maximum atomic E-state index is 11.9. The van der Waals surface area contributed by atoms with Crippen LogP contribution in [0, 0.1) is 0 Å². The number of nitrogens with zero attached hydrogens (tertiary/aromatic N) is 1. The van der Waals surface area contributed by atoms with Crippen molar-refractivity contribution in [3.8, 4) is 0 Å². The Hall–Kier alpha value is -1.33. The number of furan rings is 1. The topological polar surface area (TPSA) is 45.5 Å². The van der Waals surface area contributed by atoms with Crippen LogP contribution in [0.15, 0.2) is 33.2 Å². The van der Waals surface area contributed by atoms with Gasteiger partial charge in [-0.3, -0.25) is 4.79 Å². The van der Waals surface area contributed by atoms with Gasteiger partial charge in [-0.05, 0) is 51.3 Å². The molecule has 1 N–H and O–H groups in total. The highest BCUT2D eigenvalue weighted by atomic mass is 79.9. The number of benzene rings is 1. The van der Waals surface area contributed by atoms with Crippen molar-refractivity contribution in [1.29, 1.82) is 0 Å². The number of rotatable bonds is 5. The van der Waals surface area contributed by atoms with Gasteiger partial charge in [0, 0.05) is 16.4 Å². The van der Waals surface area contributed by atoms with E-state index in [0.29, 0.717) is 12.3 Å². The molecule has 0 saturated heterocycles. The number of fused-ring (bicyclic) bond motifs is 1. The Morgan fingerprint density at radius 2 is 2.16 bits per heavy atom. The molecule has 0 bridgehead atoms. The molecular weight excluding hydrogens is 308 g/mol. The molecule has 0 fully saturated rings. The summed E-state index contributed by atoms with van der Waals surface area (Å²) in [4.78, 5) is 14.0. The summed E-state index contributed by atoms with van der Waals surface area (Å²) in [6.07, 6.45) is 0.921. The third-order valence-electron chi connectivity index (χ3n) is 2.77. The minimum absolute atomic E-state index is 0.161. The number of hydrogen-bond donors (Lipinski definition) is 1. The third-order valence-corrected chi connectivity index (χ3v) is 3.26. The van der Waals surface area contributed by atoms with Gasteiger partial charge in [0.05, 0.1) is 0 Å². The summed E-state index contributed by atoms with van der Waals surface area (Å²) in [5, 5.41) is 3.78. The first-order chi connectivity index (χ1) is 9.06. The first-order valence-electron chi connectivity index (χ1n) is 6.18. The number of amides is 1. The van der Waals surface area contributed by atoms with Gasteiger partial charge in [-0.25, -0.2) is 0 Å². The molecule has 2 aromatic rings. The lowest BCUT2D eigenvalue weighted by molar-refractivity contribution is 0.0927. The van der Waals surface area contributed by atoms with Gasteiger partial charge in [0.2, 0.25) is 0 Å². The second-order valence-electron chi connectivity index (χ2n) is 4.71. The molecule has 0 atom stereocenters. The van der Waals surface area contributed by atoms with E-state index in [9.17, 15) is 4.79 Å². The molecular formula is C14H17BrN2O2. The molecule has 1 heterocycles. The minimum atomic E-state index is -0.161. The molecule has 1 aromatic heterocycles. The van der Waals surface area contributed by atoms with E-state index in [0.717, 1.165) is 28.4 Å². The lowest BCUT2D eigenvalue weighted by Gasteiger charge is -2.08. The molecule has 102 valence electrons. The lowest BCUT2D eigenvalue weighted by atomic mass is 10.2. The van der Waals surface area contributed by atoms with E-state index in [-0.39, 0.29) is 5.91 Å². The van der Waals surface area contributed by atoms with Crippen LogP contribution in [0.3, 0.4) is 0 Å². The third kappa shape index (κ3) is 3.81. The van der Waals surface area contributed by atoms with Crippen molar-refractivity contribution in [2.45, 2.75) is 6.42 Å². The Morgan fingerprint density at radius 3 is 2.89 bits per heavy atom. The molecule has 5 heteroatoms. The van der Waals surface area contributed by atoms with Crippen LogP contribution in [-0.2, 0) is 0 Å². The smallest absolute Gasteiger partial charge is 0.287 e. The minimum Gasteiger partial charge on any atom is -0.451 e. The zero-order valence-electron chi connectivity index (χ0n) is 11.1. The van der Waals surface area contributed by atoms with E-state index >= 15 is 0 Å². The fraction of sp³-hybridized carbons (Fsp3) is 0.357. The lowest BCUT2D eigenvalue weighted by Crippen LogP contribution is -2.26. The summed E-state index contributed by atoms with van der Waals surface area (Å²) in [5.74, 6) is 0.198. The summed E-state index contributed by atoms with van der Waals surface area (Å²) < 4.78 is 6.49. The first-order valence-corrected chi connectivity index (χ1v) is 6.97. The van der Waals surface area contributed by atoms with E-state index in [1.807, 2.05) is 32.3 Å². The van der Waals surface area contributed by atoms with E-state index < -0.39 is 0 Å². The summed E-state index contributed by atoms with van der Waals surface area (Å²) in [6, 6.07) is 7.44. The highest BCUT2D eigenvalue weighted by molar-refractivity contribution is 9.10. The zero-order valence-corrected chi connectivity index (χ0v) is 12.7. The van der Waals surface area contributed by atoms with Gasteiger partial charge in [-0.1, -0.05) is 15.9 Å². The second kappa shape index (κ2) is 6.21. The number of nitrogens with one attached hydrogen (secondary N) is 1. The van der Waals surface area contributed by atoms with E-state index in [4.69, 9.17) is 4.42 Å². The highest BCUT2D eigenvalue weighted by Crippen LogP contribution is 2.23. The summed E-state index contributed by atoms with van der Waals surface area (Å²) in [6.45, 7) is 1.60. The fourth-order valence-corrected chi connectivity index (χ4v) is 2.19. The molecule has 0 aliphatic heterocycles. The molecule has 0 unspecified atom stereocenters. The Balaban J connectivity index is 1.97. The molecule has 4 nitrogen and oxygen atoms in total. The molecule has 2 rings (SSSR count). The van der Waals surface area contributed by atoms with Crippen LogP contribution in [0.5, 0.6) is 0 Å². The standard InChI is InChI=1S/C14H17BrN2O2/c1-17(2)7-3-6-16-14(18)13-9-10-8-11(15)4-5-12(10)19-13/h4-5,8-9H,3,6-7H2,1-2H3,(H,16,18). The highest BCUT2D eigenvalue weighted by Gasteiger charge is 2.11. The normalized spacial score (nSPS) is 11.2. The average Bonchev–Trinajstić information content (AvgIpc) is 2.77. The van der Waals surface area contributed by atoms with Gasteiger partial charge < -0.3 is 14.6 Å². The molecule has 1 amide bonds. The summed E-state index contributed by atoms with van der Waals surface area (Å²) >= 11 is 3.40. The summed E-state index contributed by atoms with van der Waals surface area (Å²) in [5.41, 5.74) is 0.724. The van der Waals surface area contributed by atoms with Gasteiger partial charge in [0.1, 0.15) is 5.58 Å². The molecule has 0 spiro atoms. The van der Waals surface area contributed by atoms with Gasteiger partial charge in [0.25, 0.3) is 5.91 Å². The van der Waals surface area contributed by atoms with Crippen LogP contribution in [-0.4, -0.2) is 38.0 Å². The van der Waals surface area contributed by atoms with E-state index in [2.05, 4.69) is 26.1 Å². The Bertz CT molecular complexity index is 578. The van der Waals surface area contributed by atoms with Crippen molar-refractivity contribution in [1.82, 2.24) is 10.2 Å². The molecule has 0 aliphatic rings. The maximum Gasteiger partial charge on any atom is 0.287 e. The predicted molar refractivity (Wildman–Crippen MR) is 79.4 cm³/mol. The molecule has 1 aromatic carbocycles. The van der Waals surface area contributed by atoms with Crippen LogP contribution >= 0.6 is 15.9 Å². The summed E-state index contributed by atoms with van der Waals surface area (Å²) in [7, 11) is 4.03. The van der Waals surface area contributed by atoms with Crippen molar-refractivity contribution in [2.75, 3.05) is 27.2 Å². The number of carbonyl (C=O) groups is 1. The van der Waals surface area contributed by atoms with Crippen molar-refractivity contribution >= 4 is 32.8 Å². The molecule has 0 saturated carbocycles. The Morgan fingerprint density at radius 1 is 1.37 bits per heavy atom. The van der Waals surface area contributed by atoms with Crippen LogP contribution in [0.1, 0.15) is 17.0 Å². The van der Waals surface area contributed by atoms with Crippen molar-refractivity contribution in [3.05, 3.63) is 34.5 Å². The van der Waals surface area contributed by atoms with Gasteiger partial charge in [0.15, 0.2) is 5.76 Å². The monoisotopic (exact) mass is 324 g/mol. The van der Waals surface area contributed by atoms with Gasteiger partial charge in [-0.2, -0.15) is 0 Å². The van der Waals surface area contributed by atoms with Crippen LogP contribution in [0.2, 0.25) is 0 Å². The van der Waals surface area contributed by atoms with Crippen molar-refractivity contribution < 1.29 is 9.21 Å². The van der Waals surface area contributed by atoms with Gasteiger partial charge >= 0.3 is 0 Å². The van der Waals surface area contributed by atoms with E-state index in [1.165, 1.54) is 0 Å². The molecule has 0 radical (unpaired) electrons. The SMILES string of the molecule is CN(C)CCCNC(=O)c1cc2cc(Br)ccc2o1. The van der Waals surface area contributed by atoms with Crippen LogP contribution in [0.25, 0.3) is 11.0 Å². The number of carbonyl (C=O) groups excluding carboxylic acids is 1. The van der Waals surface area contributed by atoms with Crippen molar-refractivity contribution in [2.24, 2.45) is 0 Å². The van der Waals surface area contributed by atoms with Gasteiger partial charge in [-0.15, -0.1) is 0 Å². The Kier molecular flexibility index (Phi) is 4.61. The second-order valence-corrected chi connectivity index (χ2v) is 5.62. The predicted octanol–water partition coefficient (Wildman–Crippen LogP) is 2.88. The fourth-order valence-electron chi connectivity index (χ4n) is 1.81. The maximum absolute atomic E-state index is 11.9. The van der Waals surface area contributed by atoms with Crippen molar-refractivity contribution in [3.63, 3.8) is 0 Å².